The minimum Gasteiger partial charge on any atom is -0.466 e. The van der Waals surface area contributed by atoms with Gasteiger partial charge in [0.2, 0.25) is 0 Å². The van der Waals surface area contributed by atoms with Gasteiger partial charge in [-0.15, -0.1) is 0 Å². The van der Waals surface area contributed by atoms with E-state index in [1.165, 1.54) is 10.8 Å². The van der Waals surface area contributed by atoms with Crippen LogP contribution < -0.4 is 0 Å². The van der Waals surface area contributed by atoms with Gasteiger partial charge in [0, 0.05) is 16.9 Å². The first-order valence-corrected chi connectivity index (χ1v) is 11.0. The molecular weight excluding hydrogens is 392 g/mol. The molecule has 0 saturated carbocycles. The third-order valence-corrected chi connectivity index (χ3v) is 6.07. The Morgan fingerprint density at radius 2 is 1.63 bits per heavy atom. The maximum Gasteiger partial charge on any atom is 0.313 e. The summed E-state index contributed by atoms with van der Waals surface area (Å²) in [7, 11) is 0. The highest BCUT2D eigenvalue weighted by Gasteiger charge is 2.24. The number of aryl methyl sites for hydroxylation is 1. The molecule has 0 atom stereocenters. The van der Waals surface area contributed by atoms with Crippen LogP contribution in [0.1, 0.15) is 25.4 Å². The summed E-state index contributed by atoms with van der Waals surface area (Å²) in [6.07, 6.45) is 0.877. The molecule has 4 aromatic rings. The second kappa shape index (κ2) is 9.23. The molecule has 4 heteroatoms. The normalized spacial score (nSPS) is 11.0. The molecule has 0 aliphatic carbocycles. The van der Waals surface area contributed by atoms with E-state index in [0.29, 0.717) is 12.4 Å². The SMILES string of the molecule is CCOC(=O)Cc1oc(CC)c(Sc2ccc3ccccc3c2)c1-c1ccccc1. The molecule has 30 heavy (non-hydrogen) atoms. The number of hydrogen-bond donors (Lipinski definition) is 0. The van der Waals surface area contributed by atoms with E-state index in [2.05, 4.69) is 61.5 Å². The number of rotatable bonds is 7. The van der Waals surface area contributed by atoms with E-state index in [-0.39, 0.29) is 12.4 Å². The van der Waals surface area contributed by atoms with E-state index in [1.807, 2.05) is 25.1 Å². The van der Waals surface area contributed by atoms with Gasteiger partial charge in [0.05, 0.1) is 11.5 Å². The summed E-state index contributed by atoms with van der Waals surface area (Å²) < 4.78 is 11.4. The lowest BCUT2D eigenvalue weighted by Crippen LogP contribution is -2.07. The van der Waals surface area contributed by atoms with Gasteiger partial charge >= 0.3 is 5.97 Å². The number of ether oxygens (including phenoxy) is 1. The summed E-state index contributed by atoms with van der Waals surface area (Å²) in [5.74, 6) is 1.29. The highest BCUT2D eigenvalue weighted by Crippen LogP contribution is 2.43. The van der Waals surface area contributed by atoms with Crippen molar-refractivity contribution in [3.05, 3.63) is 84.3 Å². The van der Waals surface area contributed by atoms with Crippen LogP contribution in [0.15, 0.2) is 87.0 Å². The van der Waals surface area contributed by atoms with E-state index in [1.54, 1.807) is 11.8 Å². The molecule has 0 radical (unpaired) electrons. The number of fused-ring (bicyclic) bond motifs is 1. The quantitative estimate of drug-likeness (QED) is 0.307. The number of esters is 1. The topological polar surface area (TPSA) is 39.4 Å². The molecule has 0 unspecified atom stereocenters. The molecule has 0 aliphatic heterocycles. The first-order valence-electron chi connectivity index (χ1n) is 10.2. The van der Waals surface area contributed by atoms with Gasteiger partial charge in [-0.05, 0) is 35.4 Å². The number of benzene rings is 3. The second-order valence-corrected chi connectivity index (χ2v) is 8.05. The van der Waals surface area contributed by atoms with Gasteiger partial charge in [-0.3, -0.25) is 4.79 Å². The molecule has 4 rings (SSSR count). The molecule has 3 aromatic carbocycles. The van der Waals surface area contributed by atoms with E-state index in [9.17, 15) is 4.79 Å². The lowest BCUT2D eigenvalue weighted by molar-refractivity contribution is -0.142. The first-order chi connectivity index (χ1) is 14.7. The lowest BCUT2D eigenvalue weighted by atomic mass is 10.0. The standard InChI is InChI=1S/C26H24O3S/c1-3-22-26(30-21-15-14-18-10-8-9-13-20(18)16-21)25(19-11-6-5-7-12-19)23(29-22)17-24(27)28-4-2/h5-16H,3-4,17H2,1-2H3. The summed E-state index contributed by atoms with van der Waals surface area (Å²) in [4.78, 5) is 14.4. The average Bonchev–Trinajstić information content (AvgIpc) is 3.11. The molecule has 0 saturated heterocycles. The molecule has 0 bridgehead atoms. The van der Waals surface area contributed by atoms with Crippen LogP contribution in [0.3, 0.4) is 0 Å². The zero-order valence-corrected chi connectivity index (χ0v) is 18.0. The predicted molar refractivity (Wildman–Crippen MR) is 122 cm³/mol. The van der Waals surface area contributed by atoms with Gasteiger partial charge in [0.1, 0.15) is 17.9 Å². The van der Waals surface area contributed by atoms with Crippen LogP contribution >= 0.6 is 11.8 Å². The minimum absolute atomic E-state index is 0.128. The van der Waals surface area contributed by atoms with E-state index in [4.69, 9.17) is 9.15 Å². The molecule has 1 heterocycles. The van der Waals surface area contributed by atoms with Gasteiger partial charge in [-0.1, -0.05) is 79.3 Å². The molecule has 152 valence electrons. The molecule has 0 aliphatic rings. The smallest absolute Gasteiger partial charge is 0.313 e. The third-order valence-electron chi connectivity index (χ3n) is 4.94. The number of hydrogen-bond acceptors (Lipinski definition) is 4. The summed E-state index contributed by atoms with van der Waals surface area (Å²) in [5.41, 5.74) is 2.03. The van der Waals surface area contributed by atoms with Crippen molar-refractivity contribution in [2.24, 2.45) is 0 Å². The molecule has 0 N–H and O–H groups in total. The van der Waals surface area contributed by atoms with Crippen molar-refractivity contribution in [1.82, 2.24) is 0 Å². The van der Waals surface area contributed by atoms with Crippen molar-refractivity contribution >= 4 is 28.5 Å². The summed E-state index contributed by atoms with van der Waals surface area (Å²) in [5, 5.41) is 2.42. The molecule has 1 aromatic heterocycles. The van der Waals surface area contributed by atoms with E-state index < -0.39 is 0 Å². The lowest BCUT2D eigenvalue weighted by Gasteiger charge is -2.08. The highest BCUT2D eigenvalue weighted by atomic mass is 32.2. The molecule has 3 nitrogen and oxygen atoms in total. The zero-order valence-electron chi connectivity index (χ0n) is 17.2. The molecular formula is C26H24O3S. The van der Waals surface area contributed by atoms with Crippen LogP contribution in [0.25, 0.3) is 21.9 Å². The van der Waals surface area contributed by atoms with Crippen LogP contribution in [-0.4, -0.2) is 12.6 Å². The van der Waals surface area contributed by atoms with Gasteiger partial charge in [-0.2, -0.15) is 0 Å². The Hall–Kier alpha value is -2.98. The molecule has 0 fully saturated rings. The van der Waals surface area contributed by atoms with Crippen molar-refractivity contribution in [3.8, 4) is 11.1 Å². The summed E-state index contributed by atoms with van der Waals surface area (Å²) in [6.45, 7) is 4.25. The largest absolute Gasteiger partial charge is 0.466 e. The van der Waals surface area contributed by atoms with Crippen LogP contribution in [0.5, 0.6) is 0 Å². The maximum absolute atomic E-state index is 12.2. The first kappa shape index (κ1) is 20.3. The van der Waals surface area contributed by atoms with Crippen LogP contribution in [0, 0.1) is 0 Å². The van der Waals surface area contributed by atoms with Gasteiger partial charge < -0.3 is 9.15 Å². The zero-order chi connectivity index (χ0) is 20.9. The van der Waals surface area contributed by atoms with Crippen molar-refractivity contribution in [2.45, 2.75) is 36.5 Å². The van der Waals surface area contributed by atoms with Gasteiger partial charge in [0.25, 0.3) is 0 Å². The summed E-state index contributed by atoms with van der Waals surface area (Å²) in [6, 6.07) is 25.0. The third kappa shape index (κ3) is 4.29. The fourth-order valence-electron chi connectivity index (χ4n) is 3.57. The maximum atomic E-state index is 12.2. The Kier molecular flexibility index (Phi) is 6.24. The molecule has 0 spiro atoms. The van der Waals surface area contributed by atoms with Crippen LogP contribution in [0.4, 0.5) is 0 Å². The minimum atomic E-state index is -0.270. The van der Waals surface area contributed by atoms with E-state index in [0.717, 1.165) is 33.1 Å². The van der Waals surface area contributed by atoms with Crippen molar-refractivity contribution in [2.75, 3.05) is 6.61 Å². The number of furan rings is 1. The van der Waals surface area contributed by atoms with Gasteiger partial charge in [0.15, 0.2) is 0 Å². The van der Waals surface area contributed by atoms with Crippen molar-refractivity contribution < 1.29 is 13.9 Å². The summed E-state index contributed by atoms with van der Waals surface area (Å²) >= 11 is 1.69. The Bertz CT molecular complexity index is 1160. The second-order valence-electron chi connectivity index (χ2n) is 6.96. The predicted octanol–water partition coefficient (Wildman–Crippen LogP) is 6.92. The fourth-order valence-corrected chi connectivity index (χ4v) is 4.76. The van der Waals surface area contributed by atoms with Crippen LogP contribution in [0.2, 0.25) is 0 Å². The highest BCUT2D eigenvalue weighted by molar-refractivity contribution is 7.99. The Balaban J connectivity index is 1.80. The fraction of sp³-hybridized carbons (Fsp3) is 0.192. The molecule has 0 amide bonds. The van der Waals surface area contributed by atoms with Gasteiger partial charge in [-0.25, -0.2) is 0 Å². The number of carbonyl (C=O) groups is 1. The van der Waals surface area contributed by atoms with E-state index >= 15 is 0 Å². The average molecular weight is 417 g/mol. The van der Waals surface area contributed by atoms with Crippen molar-refractivity contribution in [1.29, 1.82) is 0 Å². The van der Waals surface area contributed by atoms with Crippen molar-refractivity contribution in [3.63, 3.8) is 0 Å². The Labute approximate surface area is 181 Å². The van der Waals surface area contributed by atoms with Crippen LogP contribution in [-0.2, 0) is 22.4 Å². The number of carbonyl (C=O) groups excluding carboxylic acids is 1. The Morgan fingerprint density at radius 3 is 2.37 bits per heavy atom. The Morgan fingerprint density at radius 1 is 0.900 bits per heavy atom. The monoisotopic (exact) mass is 416 g/mol.